The zero-order valence-electron chi connectivity index (χ0n) is 11.5. The number of halogens is 3. The van der Waals surface area contributed by atoms with Gasteiger partial charge in [0.05, 0.1) is 5.56 Å². The van der Waals surface area contributed by atoms with Crippen molar-refractivity contribution in [2.75, 3.05) is 0 Å². The van der Waals surface area contributed by atoms with E-state index in [2.05, 4.69) is 0 Å². The summed E-state index contributed by atoms with van der Waals surface area (Å²) < 4.78 is 40.7. The van der Waals surface area contributed by atoms with Gasteiger partial charge in [-0.25, -0.2) is 0 Å². The number of aliphatic carboxylic acids is 1. The van der Waals surface area contributed by atoms with E-state index in [1.54, 1.807) is 13.8 Å². The van der Waals surface area contributed by atoms with Gasteiger partial charge in [0, 0.05) is 22.6 Å². The molecule has 1 aromatic heterocycles. The molecular formula is C14H15F3N2O2. The van der Waals surface area contributed by atoms with Crippen molar-refractivity contribution in [1.29, 1.82) is 0 Å². The van der Waals surface area contributed by atoms with Gasteiger partial charge in [0.2, 0.25) is 0 Å². The second kappa shape index (κ2) is 5.07. The van der Waals surface area contributed by atoms with E-state index in [0.717, 1.165) is 6.07 Å². The molecule has 0 aliphatic carbocycles. The molecule has 3 N–H and O–H groups in total. The summed E-state index contributed by atoms with van der Waals surface area (Å²) >= 11 is 0. The standard InChI is InChI=1S/C14H15F3N2O2/c1-7(2)19-10-5-3-4-9(14(15,16)17)8(10)6-11(19)12(18)13(20)21/h3-7,12H,18H2,1-2H3,(H,20,21). The molecular weight excluding hydrogens is 285 g/mol. The topological polar surface area (TPSA) is 68.2 Å². The highest BCUT2D eigenvalue weighted by Crippen LogP contribution is 2.37. The Bertz CT molecular complexity index is 689. The number of carboxylic acids is 1. The summed E-state index contributed by atoms with van der Waals surface area (Å²) in [6.07, 6.45) is -4.51. The van der Waals surface area contributed by atoms with E-state index in [1.165, 1.54) is 22.8 Å². The molecule has 0 radical (unpaired) electrons. The quantitative estimate of drug-likeness (QED) is 0.913. The van der Waals surface area contributed by atoms with E-state index in [1.807, 2.05) is 0 Å². The average molecular weight is 300 g/mol. The van der Waals surface area contributed by atoms with Gasteiger partial charge in [-0.05, 0) is 32.0 Å². The lowest BCUT2D eigenvalue weighted by atomic mass is 10.1. The number of carbonyl (C=O) groups is 1. The predicted molar refractivity (Wildman–Crippen MR) is 71.9 cm³/mol. The maximum Gasteiger partial charge on any atom is 0.417 e. The molecule has 0 saturated carbocycles. The normalized spacial score (nSPS) is 13.9. The molecule has 1 unspecified atom stereocenters. The van der Waals surface area contributed by atoms with Crippen LogP contribution in [0.2, 0.25) is 0 Å². The molecule has 1 heterocycles. The van der Waals surface area contributed by atoms with Crippen molar-refractivity contribution >= 4 is 16.9 Å². The SMILES string of the molecule is CC(C)n1c(C(N)C(=O)O)cc2c(C(F)(F)F)cccc21. The van der Waals surface area contributed by atoms with Gasteiger partial charge in [-0.3, -0.25) is 4.79 Å². The van der Waals surface area contributed by atoms with E-state index in [9.17, 15) is 18.0 Å². The molecule has 0 aliphatic heterocycles. The van der Waals surface area contributed by atoms with Gasteiger partial charge in [0.1, 0.15) is 6.04 Å². The van der Waals surface area contributed by atoms with E-state index in [-0.39, 0.29) is 17.1 Å². The van der Waals surface area contributed by atoms with Crippen LogP contribution in [0.15, 0.2) is 24.3 Å². The Kier molecular flexibility index (Phi) is 3.71. The van der Waals surface area contributed by atoms with E-state index < -0.39 is 23.8 Å². The van der Waals surface area contributed by atoms with E-state index in [0.29, 0.717) is 5.52 Å². The largest absolute Gasteiger partial charge is 0.480 e. The summed E-state index contributed by atoms with van der Waals surface area (Å²) in [5.41, 5.74) is 5.29. The smallest absolute Gasteiger partial charge is 0.417 e. The zero-order chi connectivity index (χ0) is 15.9. The molecule has 2 rings (SSSR count). The third kappa shape index (κ3) is 2.61. The van der Waals surface area contributed by atoms with Crippen molar-refractivity contribution in [1.82, 2.24) is 4.57 Å². The molecule has 1 atom stereocenters. The number of benzene rings is 1. The van der Waals surface area contributed by atoms with Crippen LogP contribution in [0.5, 0.6) is 0 Å². The molecule has 0 spiro atoms. The van der Waals surface area contributed by atoms with Crippen molar-refractivity contribution in [2.24, 2.45) is 5.73 Å². The highest BCUT2D eigenvalue weighted by atomic mass is 19.4. The fraction of sp³-hybridized carbons (Fsp3) is 0.357. The van der Waals surface area contributed by atoms with Crippen LogP contribution >= 0.6 is 0 Å². The summed E-state index contributed by atoms with van der Waals surface area (Å²) in [5, 5.41) is 9.00. The molecule has 0 saturated heterocycles. The Labute approximate surface area is 119 Å². The molecule has 0 bridgehead atoms. The summed E-state index contributed by atoms with van der Waals surface area (Å²) in [7, 11) is 0. The number of carboxylic acid groups (broad SMARTS) is 1. The highest BCUT2D eigenvalue weighted by Gasteiger charge is 2.34. The number of hydrogen-bond donors (Lipinski definition) is 2. The second-order valence-electron chi connectivity index (χ2n) is 5.08. The zero-order valence-corrected chi connectivity index (χ0v) is 11.5. The molecule has 0 amide bonds. The first-order valence-electron chi connectivity index (χ1n) is 6.34. The first-order chi connectivity index (χ1) is 9.64. The van der Waals surface area contributed by atoms with Crippen LogP contribution in [0.1, 0.15) is 37.2 Å². The van der Waals surface area contributed by atoms with Crippen LogP contribution in [-0.2, 0) is 11.0 Å². The summed E-state index contributed by atoms with van der Waals surface area (Å²) in [5.74, 6) is -1.28. The first kappa shape index (κ1) is 15.4. The Morgan fingerprint density at radius 1 is 1.33 bits per heavy atom. The van der Waals surface area contributed by atoms with Crippen LogP contribution in [0.3, 0.4) is 0 Å². The van der Waals surface area contributed by atoms with Gasteiger partial charge >= 0.3 is 12.1 Å². The number of nitrogens with two attached hydrogens (primary N) is 1. The first-order valence-corrected chi connectivity index (χ1v) is 6.34. The maximum atomic E-state index is 13.1. The van der Waals surface area contributed by atoms with Crippen LogP contribution in [0, 0.1) is 0 Å². The minimum Gasteiger partial charge on any atom is -0.480 e. The number of nitrogens with zero attached hydrogens (tertiary/aromatic N) is 1. The van der Waals surface area contributed by atoms with Crippen LogP contribution in [0.25, 0.3) is 10.9 Å². The summed E-state index contributed by atoms with van der Waals surface area (Å²) in [6.45, 7) is 3.52. The number of hydrogen-bond acceptors (Lipinski definition) is 2. The fourth-order valence-corrected chi connectivity index (χ4v) is 2.46. The Balaban J connectivity index is 2.82. The molecule has 1 aromatic carbocycles. The highest BCUT2D eigenvalue weighted by molar-refractivity contribution is 5.87. The average Bonchev–Trinajstić information content (AvgIpc) is 2.74. The molecule has 0 fully saturated rings. The van der Waals surface area contributed by atoms with Gasteiger partial charge in [0.15, 0.2) is 0 Å². The Morgan fingerprint density at radius 2 is 1.95 bits per heavy atom. The van der Waals surface area contributed by atoms with Crippen LogP contribution in [0.4, 0.5) is 13.2 Å². The second-order valence-corrected chi connectivity index (χ2v) is 5.08. The van der Waals surface area contributed by atoms with Gasteiger partial charge in [-0.1, -0.05) is 6.07 Å². The molecule has 4 nitrogen and oxygen atoms in total. The number of alkyl halides is 3. The van der Waals surface area contributed by atoms with Gasteiger partial charge in [-0.15, -0.1) is 0 Å². The number of rotatable bonds is 3. The maximum absolute atomic E-state index is 13.1. The predicted octanol–water partition coefficient (Wildman–Crippen LogP) is 3.33. The number of fused-ring (bicyclic) bond motifs is 1. The van der Waals surface area contributed by atoms with Crippen molar-refractivity contribution < 1.29 is 23.1 Å². The molecule has 7 heteroatoms. The third-order valence-electron chi connectivity index (χ3n) is 3.32. The fourth-order valence-electron chi connectivity index (χ4n) is 2.46. The molecule has 0 aliphatic rings. The van der Waals surface area contributed by atoms with Gasteiger partial charge in [0.25, 0.3) is 0 Å². The van der Waals surface area contributed by atoms with Crippen molar-refractivity contribution in [3.63, 3.8) is 0 Å². The third-order valence-corrected chi connectivity index (χ3v) is 3.32. The molecule has 2 aromatic rings. The lowest BCUT2D eigenvalue weighted by Crippen LogP contribution is -2.24. The summed E-state index contributed by atoms with van der Waals surface area (Å²) in [4.78, 5) is 11.1. The Hall–Kier alpha value is -2.02. The van der Waals surface area contributed by atoms with E-state index in [4.69, 9.17) is 10.8 Å². The monoisotopic (exact) mass is 300 g/mol. The Morgan fingerprint density at radius 3 is 2.43 bits per heavy atom. The van der Waals surface area contributed by atoms with Crippen LogP contribution < -0.4 is 5.73 Å². The van der Waals surface area contributed by atoms with Gasteiger partial charge in [-0.2, -0.15) is 13.2 Å². The van der Waals surface area contributed by atoms with Crippen molar-refractivity contribution in [3.05, 3.63) is 35.5 Å². The lowest BCUT2D eigenvalue weighted by molar-refractivity contribution is -0.139. The lowest BCUT2D eigenvalue weighted by Gasteiger charge is -2.17. The van der Waals surface area contributed by atoms with Gasteiger partial charge < -0.3 is 15.4 Å². The summed E-state index contributed by atoms with van der Waals surface area (Å²) in [6, 6.07) is 3.44. The molecule has 21 heavy (non-hydrogen) atoms. The van der Waals surface area contributed by atoms with E-state index >= 15 is 0 Å². The number of aromatic nitrogens is 1. The molecule has 114 valence electrons. The van der Waals surface area contributed by atoms with Crippen molar-refractivity contribution in [3.8, 4) is 0 Å². The minimum atomic E-state index is -4.51. The van der Waals surface area contributed by atoms with Crippen molar-refractivity contribution in [2.45, 2.75) is 32.1 Å². The van der Waals surface area contributed by atoms with Crippen LogP contribution in [-0.4, -0.2) is 15.6 Å². The minimum absolute atomic E-state index is 0.0367.